The Morgan fingerprint density at radius 2 is 1.73 bits per heavy atom. The fourth-order valence-electron chi connectivity index (χ4n) is 4.61. The molecule has 0 radical (unpaired) electrons. The molecule has 0 aliphatic carbocycles. The first-order valence-corrected chi connectivity index (χ1v) is 11.4. The van der Waals surface area contributed by atoms with Gasteiger partial charge in [-0.3, -0.25) is 0 Å². The van der Waals surface area contributed by atoms with Crippen LogP contribution < -0.4 is 24.1 Å². The summed E-state index contributed by atoms with van der Waals surface area (Å²) in [6, 6.07) is 21.1. The summed E-state index contributed by atoms with van der Waals surface area (Å²) in [5.41, 5.74) is 5.91. The largest absolute Gasteiger partial charge is 0.495 e. The van der Waals surface area contributed by atoms with Gasteiger partial charge >= 0.3 is 0 Å². The SMILES string of the molecule is CCOc1cc2c(cc1OC)-c1cc3ccc(OC)c(NCc4ccccc4)c3c[n+]1CC2. The van der Waals surface area contributed by atoms with Crippen molar-refractivity contribution in [3.8, 4) is 28.5 Å². The van der Waals surface area contributed by atoms with Gasteiger partial charge in [0.2, 0.25) is 5.69 Å². The predicted molar refractivity (Wildman–Crippen MR) is 131 cm³/mol. The van der Waals surface area contributed by atoms with E-state index in [1.807, 2.05) is 19.1 Å². The Hall–Kier alpha value is -3.73. The molecule has 0 atom stereocenters. The number of anilines is 1. The summed E-state index contributed by atoms with van der Waals surface area (Å²) in [4.78, 5) is 0. The minimum absolute atomic E-state index is 0.617. The maximum absolute atomic E-state index is 5.80. The first kappa shape index (κ1) is 21.1. The van der Waals surface area contributed by atoms with Crippen LogP contribution in [0.1, 0.15) is 18.1 Å². The minimum Gasteiger partial charge on any atom is -0.495 e. The van der Waals surface area contributed by atoms with E-state index < -0.39 is 0 Å². The van der Waals surface area contributed by atoms with Crippen LogP contribution in [0.15, 0.2) is 66.9 Å². The number of benzene rings is 3. The fraction of sp³-hybridized carbons (Fsp3) is 0.250. The van der Waals surface area contributed by atoms with E-state index in [-0.39, 0.29) is 0 Å². The van der Waals surface area contributed by atoms with Crippen molar-refractivity contribution in [2.75, 3.05) is 26.1 Å². The van der Waals surface area contributed by atoms with Crippen molar-refractivity contribution in [2.45, 2.75) is 26.4 Å². The number of fused-ring (bicyclic) bond motifs is 4. The van der Waals surface area contributed by atoms with Gasteiger partial charge in [-0.05, 0) is 41.6 Å². The van der Waals surface area contributed by atoms with Gasteiger partial charge in [0.05, 0.1) is 37.5 Å². The van der Waals surface area contributed by atoms with E-state index in [1.165, 1.54) is 27.8 Å². The van der Waals surface area contributed by atoms with Gasteiger partial charge in [-0.25, -0.2) is 0 Å². The second-order valence-corrected chi connectivity index (χ2v) is 8.18. The molecule has 5 heteroatoms. The molecule has 1 aliphatic heterocycles. The van der Waals surface area contributed by atoms with Crippen molar-refractivity contribution in [3.63, 3.8) is 0 Å². The van der Waals surface area contributed by atoms with Crippen molar-refractivity contribution >= 4 is 16.5 Å². The summed E-state index contributed by atoms with van der Waals surface area (Å²) in [6.45, 7) is 4.25. The normalized spacial score (nSPS) is 12.1. The second-order valence-electron chi connectivity index (χ2n) is 8.18. The van der Waals surface area contributed by atoms with Crippen molar-refractivity contribution in [1.29, 1.82) is 0 Å². The highest BCUT2D eigenvalue weighted by molar-refractivity contribution is 5.97. The van der Waals surface area contributed by atoms with Gasteiger partial charge < -0.3 is 19.5 Å². The molecule has 5 rings (SSSR count). The number of aryl methyl sites for hydroxylation is 2. The van der Waals surface area contributed by atoms with Crippen molar-refractivity contribution in [1.82, 2.24) is 0 Å². The maximum atomic E-state index is 5.80. The zero-order chi connectivity index (χ0) is 22.8. The molecule has 0 saturated heterocycles. The van der Waals surface area contributed by atoms with Gasteiger partial charge in [0.15, 0.2) is 24.2 Å². The molecule has 0 amide bonds. The molecule has 3 aromatic carbocycles. The third-order valence-electron chi connectivity index (χ3n) is 6.25. The summed E-state index contributed by atoms with van der Waals surface area (Å²) in [5, 5.41) is 5.93. The Bertz CT molecular complexity index is 1300. The number of methoxy groups -OCH3 is 2. The first-order valence-electron chi connectivity index (χ1n) is 11.4. The van der Waals surface area contributed by atoms with Gasteiger partial charge in [0.25, 0.3) is 0 Å². The molecule has 0 fully saturated rings. The van der Waals surface area contributed by atoms with Gasteiger partial charge in [-0.2, -0.15) is 4.57 Å². The number of aromatic nitrogens is 1. The molecule has 1 aliphatic rings. The molecule has 0 bridgehead atoms. The Kier molecular flexibility index (Phi) is 5.78. The van der Waals surface area contributed by atoms with E-state index in [0.717, 1.165) is 47.8 Å². The number of pyridine rings is 1. The lowest BCUT2D eigenvalue weighted by Crippen LogP contribution is -2.40. The topological polar surface area (TPSA) is 43.6 Å². The summed E-state index contributed by atoms with van der Waals surface area (Å²) >= 11 is 0. The lowest BCUT2D eigenvalue weighted by atomic mass is 9.95. The Balaban J connectivity index is 1.60. The summed E-state index contributed by atoms with van der Waals surface area (Å²) in [7, 11) is 3.41. The van der Waals surface area contributed by atoms with E-state index in [0.29, 0.717) is 6.61 Å². The maximum Gasteiger partial charge on any atom is 0.213 e. The Labute approximate surface area is 194 Å². The van der Waals surface area contributed by atoms with Crippen LogP contribution >= 0.6 is 0 Å². The molecule has 4 aromatic rings. The number of hydrogen-bond acceptors (Lipinski definition) is 4. The minimum atomic E-state index is 0.617. The predicted octanol–water partition coefficient (Wildman–Crippen LogP) is 5.38. The van der Waals surface area contributed by atoms with E-state index in [9.17, 15) is 0 Å². The van der Waals surface area contributed by atoms with Crippen molar-refractivity contribution in [3.05, 3.63) is 78.0 Å². The highest BCUT2D eigenvalue weighted by Crippen LogP contribution is 2.39. The zero-order valence-corrected chi connectivity index (χ0v) is 19.4. The number of rotatable bonds is 7. The van der Waals surface area contributed by atoms with Gasteiger partial charge in [0, 0.05) is 19.0 Å². The summed E-state index contributed by atoms with van der Waals surface area (Å²) in [5.74, 6) is 2.42. The Morgan fingerprint density at radius 3 is 2.48 bits per heavy atom. The smallest absolute Gasteiger partial charge is 0.213 e. The van der Waals surface area contributed by atoms with E-state index >= 15 is 0 Å². The number of hydrogen-bond donors (Lipinski definition) is 1. The van der Waals surface area contributed by atoms with E-state index in [1.54, 1.807) is 14.2 Å². The molecule has 168 valence electrons. The van der Waals surface area contributed by atoms with Crippen LogP contribution in [-0.4, -0.2) is 20.8 Å². The second kappa shape index (κ2) is 9.02. The summed E-state index contributed by atoms with van der Waals surface area (Å²) < 4.78 is 19.5. The lowest BCUT2D eigenvalue weighted by molar-refractivity contribution is -0.686. The zero-order valence-electron chi connectivity index (χ0n) is 19.4. The molecule has 1 N–H and O–H groups in total. The molecule has 1 aromatic heterocycles. The van der Waals surface area contributed by atoms with Crippen LogP contribution in [0.4, 0.5) is 5.69 Å². The summed E-state index contributed by atoms with van der Waals surface area (Å²) in [6.07, 6.45) is 3.19. The lowest BCUT2D eigenvalue weighted by Gasteiger charge is -2.20. The average molecular weight is 442 g/mol. The van der Waals surface area contributed by atoms with Crippen LogP contribution in [0, 0.1) is 0 Å². The van der Waals surface area contributed by atoms with Crippen LogP contribution in [0.25, 0.3) is 22.0 Å². The number of ether oxygens (including phenoxy) is 3. The number of nitrogens with one attached hydrogen (secondary N) is 1. The van der Waals surface area contributed by atoms with E-state index in [2.05, 4.69) is 64.6 Å². The molecule has 33 heavy (non-hydrogen) atoms. The molecule has 5 nitrogen and oxygen atoms in total. The van der Waals surface area contributed by atoms with E-state index in [4.69, 9.17) is 14.2 Å². The molecule has 0 unspecified atom stereocenters. The van der Waals surface area contributed by atoms with Crippen LogP contribution in [0.5, 0.6) is 17.2 Å². The van der Waals surface area contributed by atoms with Crippen molar-refractivity contribution in [2.24, 2.45) is 0 Å². The third kappa shape index (κ3) is 3.95. The van der Waals surface area contributed by atoms with Gasteiger partial charge in [-0.1, -0.05) is 36.4 Å². The average Bonchev–Trinajstić information content (AvgIpc) is 2.86. The Morgan fingerprint density at radius 1 is 0.909 bits per heavy atom. The molecule has 0 spiro atoms. The standard InChI is InChI=1S/C28H28N2O3/c1-4-33-27-15-21-12-13-30-18-23-20(14-24(30)22(21)16-26(27)32-3)10-11-25(31-2)28(23)29-17-19-8-6-5-7-9-19/h5-11,14-16,18H,4,12-13,17H2,1-3H3/p+1. The quantitative estimate of drug-likeness (QED) is 0.391. The number of nitrogens with zero attached hydrogens (tertiary/aromatic N) is 1. The molecular formula is C28H29N2O3+. The van der Waals surface area contributed by atoms with Crippen molar-refractivity contribution < 1.29 is 18.8 Å². The molecule has 0 saturated carbocycles. The highest BCUT2D eigenvalue weighted by Gasteiger charge is 2.27. The molecular weight excluding hydrogens is 412 g/mol. The fourth-order valence-corrected chi connectivity index (χ4v) is 4.61. The van der Waals surface area contributed by atoms with Crippen LogP contribution in [0.2, 0.25) is 0 Å². The van der Waals surface area contributed by atoms with Crippen LogP contribution in [-0.2, 0) is 19.5 Å². The van der Waals surface area contributed by atoms with Gasteiger partial charge in [-0.15, -0.1) is 0 Å². The molecule has 2 heterocycles. The highest BCUT2D eigenvalue weighted by atomic mass is 16.5. The van der Waals surface area contributed by atoms with Crippen LogP contribution in [0.3, 0.4) is 0 Å². The third-order valence-corrected chi connectivity index (χ3v) is 6.25. The van der Waals surface area contributed by atoms with Gasteiger partial charge in [0.1, 0.15) is 5.75 Å². The monoisotopic (exact) mass is 441 g/mol. The first-order chi connectivity index (χ1) is 16.2.